The number of amides is 3. The van der Waals surface area contributed by atoms with E-state index in [1.54, 1.807) is 0 Å². The van der Waals surface area contributed by atoms with E-state index in [4.69, 9.17) is 5.73 Å². The minimum absolute atomic E-state index is 0.0954. The van der Waals surface area contributed by atoms with E-state index >= 15 is 0 Å². The van der Waals surface area contributed by atoms with Crippen molar-refractivity contribution in [3.05, 3.63) is 28.7 Å². The molecule has 0 fully saturated rings. The zero-order valence-electron chi connectivity index (χ0n) is 10.1. The Morgan fingerprint density at radius 1 is 1.28 bits per heavy atom. The lowest BCUT2D eigenvalue weighted by Crippen LogP contribution is -2.42. The average Bonchev–Trinajstić information content (AvgIpc) is 2.26. The third-order valence-corrected chi connectivity index (χ3v) is 4.27. The summed E-state index contributed by atoms with van der Waals surface area (Å²) < 4.78 is 0.981. The maximum atomic E-state index is 11.8. The molecule has 3 N–H and O–H groups in total. The van der Waals surface area contributed by atoms with E-state index in [0.717, 1.165) is 9.37 Å². The van der Waals surface area contributed by atoms with Crippen LogP contribution in [0.25, 0.3) is 0 Å². The molecule has 0 heterocycles. The standard InChI is InChI=1S/C12H15BrN2O2S/c1-7(2)10(11(16)15-12(14)17)18-9-5-3-8(13)4-6-9/h3-7,10H,1-2H3,(H3,14,15,16,17)/t10-/m0/s1. The molecule has 0 radical (unpaired) electrons. The minimum atomic E-state index is -0.818. The molecule has 0 aliphatic carbocycles. The summed E-state index contributed by atoms with van der Waals surface area (Å²) in [5, 5.41) is 1.78. The van der Waals surface area contributed by atoms with Gasteiger partial charge in [-0.1, -0.05) is 29.8 Å². The molecule has 0 aliphatic heterocycles. The Morgan fingerprint density at radius 3 is 2.28 bits per heavy atom. The number of urea groups is 1. The van der Waals surface area contributed by atoms with Crippen LogP contribution in [-0.4, -0.2) is 17.2 Å². The van der Waals surface area contributed by atoms with Crippen LogP contribution in [0.4, 0.5) is 4.79 Å². The van der Waals surface area contributed by atoms with Gasteiger partial charge in [0.1, 0.15) is 0 Å². The van der Waals surface area contributed by atoms with Crippen molar-refractivity contribution in [1.29, 1.82) is 0 Å². The topological polar surface area (TPSA) is 72.2 Å². The normalized spacial score (nSPS) is 12.2. The Hall–Kier alpha value is -1.01. The lowest BCUT2D eigenvalue weighted by atomic mass is 10.1. The number of hydrogen-bond acceptors (Lipinski definition) is 3. The summed E-state index contributed by atoms with van der Waals surface area (Å²) in [5.74, 6) is -0.261. The molecule has 0 bridgehead atoms. The van der Waals surface area contributed by atoms with Crippen molar-refractivity contribution < 1.29 is 9.59 Å². The molecule has 18 heavy (non-hydrogen) atoms. The molecule has 3 amide bonds. The molecule has 98 valence electrons. The molecule has 1 atom stereocenters. The summed E-state index contributed by atoms with van der Waals surface area (Å²) in [4.78, 5) is 23.5. The van der Waals surface area contributed by atoms with Gasteiger partial charge in [-0.05, 0) is 30.2 Å². The van der Waals surface area contributed by atoms with Crippen molar-refractivity contribution in [3.63, 3.8) is 0 Å². The summed E-state index contributed by atoms with van der Waals surface area (Å²) in [6.07, 6.45) is 0. The molecule has 0 unspecified atom stereocenters. The first-order valence-corrected chi connectivity index (χ1v) is 7.10. The third kappa shape index (κ3) is 4.70. The van der Waals surface area contributed by atoms with E-state index in [9.17, 15) is 9.59 Å². The van der Waals surface area contributed by atoms with E-state index in [2.05, 4.69) is 21.2 Å². The number of benzene rings is 1. The van der Waals surface area contributed by atoms with Gasteiger partial charge in [0.15, 0.2) is 0 Å². The number of imide groups is 1. The van der Waals surface area contributed by atoms with E-state index < -0.39 is 6.03 Å². The molecule has 1 aromatic rings. The second-order valence-electron chi connectivity index (χ2n) is 4.09. The molecule has 4 nitrogen and oxygen atoms in total. The SMILES string of the molecule is CC(C)[C@H](Sc1ccc(Br)cc1)C(=O)NC(N)=O. The molecular formula is C12H15BrN2O2S. The minimum Gasteiger partial charge on any atom is -0.351 e. The first kappa shape index (κ1) is 15.0. The van der Waals surface area contributed by atoms with Crippen LogP contribution in [0.1, 0.15) is 13.8 Å². The Balaban J connectivity index is 2.77. The summed E-state index contributed by atoms with van der Waals surface area (Å²) >= 11 is 4.77. The number of thioether (sulfide) groups is 1. The highest BCUT2D eigenvalue weighted by atomic mass is 79.9. The molecular weight excluding hydrogens is 316 g/mol. The number of rotatable bonds is 4. The quantitative estimate of drug-likeness (QED) is 0.834. The van der Waals surface area contributed by atoms with Gasteiger partial charge in [0, 0.05) is 9.37 Å². The third-order valence-electron chi connectivity index (χ3n) is 2.19. The van der Waals surface area contributed by atoms with Crippen LogP contribution >= 0.6 is 27.7 Å². The Labute approximate surface area is 119 Å². The number of halogens is 1. The van der Waals surface area contributed by atoms with Gasteiger partial charge in [-0.15, -0.1) is 11.8 Å². The highest BCUT2D eigenvalue weighted by Gasteiger charge is 2.24. The largest absolute Gasteiger partial charge is 0.351 e. The number of nitrogens with two attached hydrogens (primary N) is 1. The van der Waals surface area contributed by atoms with Gasteiger partial charge in [0.25, 0.3) is 0 Å². The first-order chi connectivity index (χ1) is 8.40. The molecule has 1 rings (SSSR count). The van der Waals surface area contributed by atoms with E-state index in [-0.39, 0.29) is 17.1 Å². The van der Waals surface area contributed by atoms with Crippen molar-refractivity contribution >= 4 is 39.6 Å². The number of carbonyl (C=O) groups is 2. The molecule has 1 aromatic carbocycles. The van der Waals surface area contributed by atoms with Gasteiger partial charge >= 0.3 is 6.03 Å². The van der Waals surface area contributed by atoms with Crippen LogP contribution in [0.15, 0.2) is 33.6 Å². The zero-order chi connectivity index (χ0) is 13.7. The fraction of sp³-hybridized carbons (Fsp3) is 0.333. The van der Waals surface area contributed by atoms with Crippen LogP contribution < -0.4 is 11.1 Å². The molecule has 0 spiro atoms. The van der Waals surface area contributed by atoms with Crippen LogP contribution in [-0.2, 0) is 4.79 Å². The highest BCUT2D eigenvalue weighted by molar-refractivity contribution is 9.10. The van der Waals surface area contributed by atoms with Crippen LogP contribution in [0.2, 0.25) is 0 Å². The molecule has 0 aliphatic rings. The smallest absolute Gasteiger partial charge is 0.318 e. The lowest BCUT2D eigenvalue weighted by molar-refractivity contribution is -0.120. The monoisotopic (exact) mass is 330 g/mol. The average molecular weight is 331 g/mol. The lowest BCUT2D eigenvalue weighted by Gasteiger charge is -2.18. The van der Waals surface area contributed by atoms with Gasteiger partial charge < -0.3 is 5.73 Å². The molecule has 0 saturated heterocycles. The van der Waals surface area contributed by atoms with E-state index in [0.29, 0.717) is 0 Å². The summed E-state index contributed by atoms with van der Waals surface area (Å²) in [6, 6.07) is 6.84. The number of carbonyl (C=O) groups excluding carboxylic acids is 2. The van der Waals surface area contributed by atoms with Crippen molar-refractivity contribution in [1.82, 2.24) is 5.32 Å². The van der Waals surface area contributed by atoms with Crippen LogP contribution in [0, 0.1) is 5.92 Å². The highest BCUT2D eigenvalue weighted by Crippen LogP contribution is 2.29. The van der Waals surface area contributed by atoms with Gasteiger partial charge in [-0.25, -0.2) is 4.79 Å². The number of hydrogen-bond donors (Lipinski definition) is 2. The summed E-state index contributed by atoms with van der Waals surface area (Å²) in [6.45, 7) is 3.86. The zero-order valence-corrected chi connectivity index (χ0v) is 12.5. The van der Waals surface area contributed by atoms with Gasteiger partial charge in [0.05, 0.1) is 5.25 Å². The number of nitrogens with one attached hydrogen (secondary N) is 1. The summed E-state index contributed by atoms with van der Waals surface area (Å²) in [7, 11) is 0. The van der Waals surface area contributed by atoms with Gasteiger partial charge in [0.2, 0.25) is 5.91 Å². The predicted octanol–water partition coefficient (Wildman–Crippen LogP) is 2.76. The van der Waals surface area contributed by atoms with Crippen LogP contribution in [0.3, 0.4) is 0 Å². The van der Waals surface area contributed by atoms with Crippen LogP contribution in [0.5, 0.6) is 0 Å². The van der Waals surface area contributed by atoms with Gasteiger partial charge in [-0.2, -0.15) is 0 Å². The predicted molar refractivity (Wildman–Crippen MR) is 76.4 cm³/mol. The first-order valence-electron chi connectivity index (χ1n) is 5.42. The molecule has 0 saturated carbocycles. The Morgan fingerprint density at radius 2 is 1.83 bits per heavy atom. The second-order valence-corrected chi connectivity index (χ2v) is 6.22. The maximum absolute atomic E-state index is 11.8. The Bertz CT molecular complexity index is 434. The fourth-order valence-electron chi connectivity index (χ4n) is 1.34. The Kier molecular flexibility index (Phi) is 5.68. The van der Waals surface area contributed by atoms with Crippen molar-refractivity contribution in [2.24, 2.45) is 11.7 Å². The van der Waals surface area contributed by atoms with E-state index in [1.165, 1.54) is 11.8 Å². The van der Waals surface area contributed by atoms with Crippen molar-refractivity contribution in [2.45, 2.75) is 24.0 Å². The van der Waals surface area contributed by atoms with Gasteiger partial charge in [-0.3, -0.25) is 10.1 Å². The number of primary amides is 1. The van der Waals surface area contributed by atoms with E-state index in [1.807, 2.05) is 38.1 Å². The summed E-state index contributed by atoms with van der Waals surface area (Å²) in [5.41, 5.74) is 4.96. The fourth-order valence-corrected chi connectivity index (χ4v) is 2.63. The molecule has 6 heteroatoms. The molecule has 0 aromatic heterocycles. The second kappa shape index (κ2) is 6.80. The maximum Gasteiger partial charge on any atom is 0.318 e. The van der Waals surface area contributed by atoms with Crippen molar-refractivity contribution in [2.75, 3.05) is 0 Å². The van der Waals surface area contributed by atoms with Crippen molar-refractivity contribution in [3.8, 4) is 0 Å².